The first-order chi connectivity index (χ1) is 24.8. The van der Waals surface area contributed by atoms with E-state index in [4.69, 9.17) is 9.72 Å². The third-order valence-corrected chi connectivity index (χ3v) is 10.4. The van der Waals surface area contributed by atoms with Crippen LogP contribution in [0.1, 0.15) is 54.1 Å². The Balaban J connectivity index is 1.09. The minimum absolute atomic E-state index is 0.174. The van der Waals surface area contributed by atoms with Crippen LogP contribution in [0.4, 0.5) is 0 Å². The predicted molar refractivity (Wildman–Crippen MR) is 198 cm³/mol. The number of ether oxygens (including phenoxy) is 1. The van der Waals surface area contributed by atoms with Crippen molar-refractivity contribution in [3.8, 4) is 22.6 Å². The van der Waals surface area contributed by atoms with Gasteiger partial charge in [0.25, 0.3) is 5.56 Å². The Morgan fingerprint density at radius 1 is 0.922 bits per heavy atom. The van der Waals surface area contributed by atoms with E-state index in [0.29, 0.717) is 55.9 Å². The van der Waals surface area contributed by atoms with Gasteiger partial charge in [-0.05, 0) is 104 Å². The molecule has 11 nitrogen and oxygen atoms in total. The number of nitrogens with zero attached hydrogens (tertiary/aromatic N) is 6. The van der Waals surface area contributed by atoms with E-state index in [2.05, 4.69) is 45.0 Å². The van der Waals surface area contributed by atoms with E-state index in [1.807, 2.05) is 49.4 Å². The molecule has 2 aliphatic rings. The molecular formula is C40H43N7O4. The van der Waals surface area contributed by atoms with Crippen LogP contribution in [0.25, 0.3) is 33.5 Å². The maximum atomic E-state index is 14.5. The molecule has 0 spiro atoms. The zero-order valence-electron chi connectivity index (χ0n) is 29.1. The molecule has 51 heavy (non-hydrogen) atoms. The normalized spacial score (nSPS) is 18.5. The lowest BCUT2D eigenvalue weighted by molar-refractivity contribution is 0.0342. The average molecular weight is 686 g/mol. The molecule has 4 aromatic heterocycles. The Bertz CT molecular complexity index is 2350. The molecule has 1 aliphatic heterocycles. The Hall–Kier alpha value is -5.10. The fourth-order valence-corrected chi connectivity index (χ4v) is 7.68. The number of fused-ring (bicyclic) bond motifs is 2. The van der Waals surface area contributed by atoms with E-state index in [-0.39, 0.29) is 29.1 Å². The summed E-state index contributed by atoms with van der Waals surface area (Å²) in [5, 5.41) is 14.6. The highest BCUT2D eigenvalue weighted by Crippen LogP contribution is 2.31. The van der Waals surface area contributed by atoms with E-state index < -0.39 is 0 Å². The van der Waals surface area contributed by atoms with E-state index in [1.165, 1.54) is 10.1 Å². The first-order valence-electron chi connectivity index (χ1n) is 17.8. The van der Waals surface area contributed by atoms with Crippen molar-refractivity contribution >= 4 is 16.7 Å². The summed E-state index contributed by atoms with van der Waals surface area (Å²) in [7, 11) is 0. The van der Waals surface area contributed by atoms with Crippen LogP contribution < -0.4 is 16.6 Å². The highest BCUT2D eigenvalue weighted by molar-refractivity contribution is 5.77. The van der Waals surface area contributed by atoms with Crippen LogP contribution in [0.5, 0.6) is 5.75 Å². The summed E-state index contributed by atoms with van der Waals surface area (Å²) in [6.45, 7) is 8.43. The number of morpholine rings is 1. The van der Waals surface area contributed by atoms with Crippen molar-refractivity contribution in [2.75, 3.05) is 26.3 Å². The quantitative estimate of drug-likeness (QED) is 0.222. The lowest BCUT2D eigenvalue weighted by atomic mass is 9.91. The standard InChI is InChI=1S/C40H43N7O4/c1-26-6-13-37-43-31(25-45(37)23-26)22-41-30-8-10-32(11-9-30)47-39(49)36-18-27(2)21-42-38(36)46(40(47)50)33-5-3-4-28(19-33)35-20-34(48)12-7-29(35)24-44-14-16-51-17-15-44/h3-7,12-13,18-21,23,25,30,32,41,48H,8-11,14-17,22,24H2,1-2H3. The molecule has 2 aromatic carbocycles. The number of aromatic hydroxyl groups is 1. The number of hydrogen-bond acceptors (Lipinski definition) is 8. The van der Waals surface area contributed by atoms with Crippen LogP contribution >= 0.6 is 0 Å². The van der Waals surface area contributed by atoms with Crippen molar-refractivity contribution in [3.63, 3.8) is 0 Å². The molecule has 0 amide bonds. The van der Waals surface area contributed by atoms with Gasteiger partial charge in [0.15, 0.2) is 5.65 Å². The van der Waals surface area contributed by atoms with Crippen LogP contribution in [-0.2, 0) is 17.8 Å². The van der Waals surface area contributed by atoms with Gasteiger partial charge in [0, 0.05) is 56.9 Å². The van der Waals surface area contributed by atoms with Crippen LogP contribution in [0, 0.1) is 13.8 Å². The van der Waals surface area contributed by atoms with Gasteiger partial charge in [0.05, 0.1) is 30.0 Å². The molecule has 1 aliphatic carbocycles. The van der Waals surface area contributed by atoms with Gasteiger partial charge in [0.1, 0.15) is 11.4 Å². The van der Waals surface area contributed by atoms with Crippen molar-refractivity contribution in [2.24, 2.45) is 0 Å². The van der Waals surface area contributed by atoms with Gasteiger partial charge in [-0.25, -0.2) is 19.3 Å². The lowest BCUT2D eigenvalue weighted by Crippen LogP contribution is -2.44. The minimum Gasteiger partial charge on any atom is -0.508 e. The highest BCUT2D eigenvalue weighted by atomic mass is 16.5. The SMILES string of the molecule is Cc1cnc2c(c1)c(=O)n(C1CCC(NCc3cn4cc(C)ccc4n3)CC1)c(=O)n2-c1cccc(-c2cc(O)ccc2CN2CCOCC2)c1. The van der Waals surface area contributed by atoms with Crippen LogP contribution in [-0.4, -0.2) is 65.9 Å². The molecule has 5 heterocycles. The number of imidazole rings is 1. The number of aromatic nitrogens is 5. The molecule has 0 unspecified atom stereocenters. The summed E-state index contributed by atoms with van der Waals surface area (Å²) in [4.78, 5) is 40.3. The summed E-state index contributed by atoms with van der Waals surface area (Å²) < 4.78 is 10.7. The van der Waals surface area contributed by atoms with Crippen LogP contribution in [0.15, 0.2) is 88.8 Å². The molecule has 11 heteroatoms. The summed E-state index contributed by atoms with van der Waals surface area (Å²) in [6.07, 6.45) is 8.93. The van der Waals surface area contributed by atoms with Crippen molar-refractivity contribution < 1.29 is 9.84 Å². The molecule has 1 saturated heterocycles. The average Bonchev–Trinajstić information content (AvgIpc) is 3.55. The zero-order valence-corrected chi connectivity index (χ0v) is 29.1. The van der Waals surface area contributed by atoms with Crippen LogP contribution in [0.2, 0.25) is 0 Å². The third-order valence-electron chi connectivity index (χ3n) is 10.4. The molecule has 1 saturated carbocycles. The number of phenols is 1. The molecule has 0 radical (unpaired) electrons. The second-order valence-electron chi connectivity index (χ2n) is 14.0. The van der Waals surface area contributed by atoms with Gasteiger partial charge in [-0.15, -0.1) is 0 Å². The van der Waals surface area contributed by atoms with E-state index in [0.717, 1.165) is 59.5 Å². The number of rotatable bonds is 8. The number of hydrogen-bond donors (Lipinski definition) is 2. The van der Waals surface area contributed by atoms with Crippen molar-refractivity contribution in [3.05, 3.63) is 122 Å². The maximum absolute atomic E-state index is 14.5. The number of benzene rings is 2. The minimum atomic E-state index is -0.387. The van der Waals surface area contributed by atoms with E-state index in [9.17, 15) is 14.7 Å². The number of aryl methyl sites for hydroxylation is 2. The summed E-state index contributed by atoms with van der Waals surface area (Å²) in [6, 6.07) is 19.2. The van der Waals surface area contributed by atoms with Crippen molar-refractivity contribution in [2.45, 2.75) is 64.7 Å². The molecular weight excluding hydrogens is 642 g/mol. The Morgan fingerprint density at radius 3 is 2.57 bits per heavy atom. The summed E-state index contributed by atoms with van der Waals surface area (Å²) >= 11 is 0. The topological polar surface area (TPSA) is 119 Å². The molecule has 2 N–H and O–H groups in total. The fraction of sp³-hybridized carbons (Fsp3) is 0.350. The monoisotopic (exact) mass is 685 g/mol. The van der Waals surface area contributed by atoms with Crippen molar-refractivity contribution in [1.82, 2.24) is 33.7 Å². The number of phenolic OH excluding ortho intramolecular Hbond substituents is 1. The fourth-order valence-electron chi connectivity index (χ4n) is 7.68. The first kappa shape index (κ1) is 33.1. The van der Waals surface area contributed by atoms with E-state index in [1.54, 1.807) is 22.9 Å². The van der Waals surface area contributed by atoms with Gasteiger partial charge in [-0.1, -0.05) is 24.3 Å². The van der Waals surface area contributed by atoms with Gasteiger partial charge in [0.2, 0.25) is 0 Å². The molecule has 262 valence electrons. The Labute approximate surface area is 295 Å². The molecule has 6 aromatic rings. The molecule has 8 rings (SSSR count). The highest BCUT2D eigenvalue weighted by Gasteiger charge is 2.27. The third kappa shape index (κ3) is 6.72. The zero-order chi connectivity index (χ0) is 35.1. The predicted octanol–water partition coefficient (Wildman–Crippen LogP) is 5.29. The second kappa shape index (κ2) is 13.9. The summed E-state index contributed by atoms with van der Waals surface area (Å²) in [5.41, 5.74) is 7.06. The van der Waals surface area contributed by atoms with Crippen LogP contribution in [0.3, 0.4) is 0 Å². The van der Waals surface area contributed by atoms with Gasteiger partial charge < -0.3 is 19.6 Å². The molecule has 0 bridgehead atoms. The van der Waals surface area contributed by atoms with Gasteiger partial charge in [-0.3, -0.25) is 14.3 Å². The smallest absolute Gasteiger partial charge is 0.337 e. The largest absolute Gasteiger partial charge is 0.508 e. The molecule has 0 atom stereocenters. The number of nitrogens with one attached hydrogen (secondary N) is 1. The Kier molecular flexibility index (Phi) is 9.01. The maximum Gasteiger partial charge on any atom is 0.337 e. The lowest BCUT2D eigenvalue weighted by Gasteiger charge is -2.30. The van der Waals surface area contributed by atoms with Gasteiger partial charge >= 0.3 is 5.69 Å². The van der Waals surface area contributed by atoms with Crippen molar-refractivity contribution in [1.29, 1.82) is 0 Å². The number of pyridine rings is 2. The Morgan fingerprint density at radius 2 is 1.75 bits per heavy atom. The second-order valence-corrected chi connectivity index (χ2v) is 14.0. The first-order valence-corrected chi connectivity index (χ1v) is 17.8. The molecule has 2 fully saturated rings. The van der Waals surface area contributed by atoms with Gasteiger partial charge in [-0.2, -0.15) is 0 Å². The van der Waals surface area contributed by atoms with E-state index >= 15 is 0 Å². The summed E-state index contributed by atoms with van der Waals surface area (Å²) in [5.74, 6) is 0.174.